The van der Waals surface area contributed by atoms with Crippen molar-refractivity contribution in [3.8, 4) is 0 Å². The summed E-state index contributed by atoms with van der Waals surface area (Å²) in [5, 5.41) is 11.5. The Morgan fingerprint density at radius 3 is 2.24 bits per heavy atom. The topological polar surface area (TPSA) is 113 Å². The molecule has 3 atom stereocenters. The van der Waals surface area contributed by atoms with Crippen molar-refractivity contribution in [1.82, 2.24) is 10.2 Å². The highest BCUT2D eigenvalue weighted by Gasteiger charge is 2.45. The van der Waals surface area contributed by atoms with E-state index in [1.54, 1.807) is 13.8 Å². The number of nitrogens with one attached hydrogen (secondary N) is 1. The summed E-state index contributed by atoms with van der Waals surface area (Å²) in [6.45, 7) is 7.44. The average molecular weight is 317 g/mol. The van der Waals surface area contributed by atoms with Crippen molar-refractivity contribution < 1.29 is 19.5 Å². The van der Waals surface area contributed by atoms with Crippen molar-refractivity contribution in [2.75, 3.05) is 5.75 Å². The second-order valence-electron chi connectivity index (χ2n) is 5.80. The predicted octanol–water partition coefficient (Wildman–Crippen LogP) is 0.690. The summed E-state index contributed by atoms with van der Waals surface area (Å²) in [5.41, 5.74) is 5.11. The van der Waals surface area contributed by atoms with Crippen molar-refractivity contribution in [1.29, 1.82) is 0 Å². The number of carboxylic acids is 1. The van der Waals surface area contributed by atoms with Crippen LogP contribution in [0.3, 0.4) is 0 Å². The summed E-state index contributed by atoms with van der Waals surface area (Å²) in [4.78, 5) is 36.6. The molecule has 1 saturated heterocycles. The molecule has 0 spiro atoms. The molecule has 1 heterocycles. The molecule has 7 nitrogen and oxygen atoms in total. The molecule has 1 fully saturated rings. The number of urea groups is 1. The third-order valence-electron chi connectivity index (χ3n) is 3.38. The molecule has 3 amide bonds. The smallest absolute Gasteiger partial charge is 0.327 e. The summed E-state index contributed by atoms with van der Waals surface area (Å²) < 4.78 is 0. The van der Waals surface area contributed by atoms with Gasteiger partial charge in [-0.05, 0) is 11.8 Å². The number of nitrogens with zero attached hydrogens (tertiary/aromatic N) is 1. The van der Waals surface area contributed by atoms with E-state index in [1.165, 1.54) is 16.7 Å². The van der Waals surface area contributed by atoms with E-state index in [1.807, 2.05) is 13.8 Å². The zero-order chi connectivity index (χ0) is 16.3. The van der Waals surface area contributed by atoms with E-state index in [0.29, 0.717) is 5.75 Å². The van der Waals surface area contributed by atoms with Gasteiger partial charge in [0.05, 0.1) is 5.37 Å². The lowest BCUT2D eigenvalue weighted by Gasteiger charge is -2.34. The van der Waals surface area contributed by atoms with Crippen LogP contribution in [0.5, 0.6) is 0 Å². The Balaban J connectivity index is 3.06. The zero-order valence-corrected chi connectivity index (χ0v) is 13.5. The summed E-state index contributed by atoms with van der Waals surface area (Å²) in [7, 11) is 0. The summed E-state index contributed by atoms with van der Waals surface area (Å²) in [5.74, 6) is -1.13. The van der Waals surface area contributed by atoms with Crippen LogP contribution in [-0.2, 0) is 9.59 Å². The maximum absolute atomic E-state index is 12.7. The highest BCUT2D eigenvalue weighted by molar-refractivity contribution is 8.00. The lowest BCUT2D eigenvalue weighted by Crippen LogP contribution is -2.57. The number of nitrogens with two attached hydrogens (primary N) is 1. The Morgan fingerprint density at radius 2 is 1.86 bits per heavy atom. The standard InChI is InChI=1S/C13H23N3O4S/c1-6(2)9(15-13(14)20)10(17)16-8(12(18)19)5-21-11(16)7(3)4/h6-9,11H,5H2,1-4H3,(H,18,19)(H3,14,15,20). The van der Waals surface area contributed by atoms with Gasteiger partial charge in [-0.3, -0.25) is 4.79 Å². The first-order valence-electron chi connectivity index (χ1n) is 6.89. The number of amides is 3. The molecule has 0 saturated carbocycles. The van der Waals surface area contributed by atoms with Gasteiger partial charge in [-0.1, -0.05) is 27.7 Å². The number of carbonyl (C=O) groups excluding carboxylic acids is 2. The van der Waals surface area contributed by atoms with Crippen molar-refractivity contribution in [3.05, 3.63) is 0 Å². The summed E-state index contributed by atoms with van der Waals surface area (Å²) >= 11 is 1.45. The van der Waals surface area contributed by atoms with Gasteiger partial charge < -0.3 is 21.1 Å². The fraction of sp³-hybridized carbons (Fsp3) is 0.769. The Bertz CT molecular complexity index is 428. The van der Waals surface area contributed by atoms with E-state index in [0.717, 1.165) is 0 Å². The molecule has 0 bridgehead atoms. The number of aliphatic carboxylic acids is 1. The quantitative estimate of drug-likeness (QED) is 0.690. The van der Waals surface area contributed by atoms with Crippen LogP contribution in [0.25, 0.3) is 0 Å². The number of hydrogen-bond acceptors (Lipinski definition) is 4. The number of hydrogen-bond donors (Lipinski definition) is 3. The lowest BCUT2D eigenvalue weighted by atomic mass is 10.0. The molecule has 0 aromatic heterocycles. The Morgan fingerprint density at radius 1 is 1.29 bits per heavy atom. The molecule has 0 aromatic carbocycles. The van der Waals surface area contributed by atoms with Crippen molar-refractivity contribution in [2.45, 2.75) is 45.2 Å². The molecule has 8 heteroatoms. The van der Waals surface area contributed by atoms with Gasteiger partial charge in [0.25, 0.3) is 0 Å². The summed E-state index contributed by atoms with van der Waals surface area (Å²) in [6, 6.07) is -2.48. The van der Waals surface area contributed by atoms with E-state index in [4.69, 9.17) is 5.73 Å². The third-order valence-corrected chi connectivity index (χ3v) is 5.00. The van der Waals surface area contributed by atoms with Gasteiger partial charge >= 0.3 is 12.0 Å². The molecule has 21 heavy (non-hydrogen) atoms. The van der Waals surface area contributed by atoms with Gasteiger partial charge in [0.2, 0.25) is 5.91 Å². The Labute approximate surface area is 128 Å². The molecule has 0 aliphatic carbocycles. The highest BCUT2D eigenvalue weighted by atomic mass is 32.2. The third kappa shape index (κ3) is 4.03. The van der Waals surface area contributed by atoms with Gasteiger partial charge in [-0.2, -0.15) is 0 Å². The first kappa shape index (κ1) is 17.6. The molecule has 120 valence electrons. The minimum atomic E-state index is -1.03. The van der Waals surface area contributed by atoms with E-state index < -0.39 is 24.1 Å². The zero-order valence-electron chi connectivity index (χ0n) is 12.7. The second kappa shape index (κ2) is 7.02. The van der Waals surface area contributed by atoms with E-state index in [2.05, 4.69) is 5.32 Å². The van der Waals surface area contributed by atoms with Gasteiger partial charge in [0, 0.05) is 5.75 Å². The monoisotopic (exact) mass is 317 g/mol. The van der Waals surface area contributed by atoms with Crippen LogP contribution in [0, 0.1) is 11.8 Å². The number of thioether (sulfide) groups is 1. The van der Waals surface area contributed by atoms with Gasteiger partial charge in [0.1, 0.15) is 12.1 Å². The van der Waals surface area contributed by atoms with Crippen LogP contribution >= 0.6 is 11.8 Å². The molecule has 0 radical (unpaired) electrons. The minimum absolute atomic E-state index is 0.115. The van der Waals surface area contributed by atoms with Crippen LogP contribution < -0.4 is 11.1 Å². The first-order valence-corrected chi connectivity index (χ1v) is 7.94. The molecular weight excluding hydrogens is 294 g/mol. The first-order chi connectivity index (χ1) is 9.66. The Hall–Kier alpha value is -1.44. The number of rotatable bonds is 5. The molecule has 1 rings (SSSR count). The van der Waals surface area contributed by atoms with Crippen LogP contribution in [0.4, 0.5) is 4.79 Å². The van der Waals surface area contributed by atoms with Gasteiger partial charge in [-0.15, -0.1) is 11.8 Å². The largest absolute Gasteiger partial charge is 0.480 e. The average Bonchev–Trinajstić information content (AvgIpc) is 2.79. The van der Waals surface area contributed by atoms with Gasteiger partial charge in [0.15, 0.2) is 0 Å². The second-order valence-corrected chi connectivity index (χ2v) is 6.95. The number of primary amides is 1. The van der Waals surface area contributed by atoms with Crippen LogP contribution in [0.2, 0.25) is 0 Å². The van der Waals surface area contributed by atoms with E-state index in [-0.39, 0.29) is 23.1 Å². The van der Waals surface area contributed by atoms with Crippen LogP contribution in [0.15, 0.2) is 0 Å². The number of carboxylic acid groups (broad SMARTS) is 1. The SMILES string of the molecule is CC(C)C(NC(N)=O)C(=O)N1C(C(=O)O)CSC1C(C)C. The normalized spacial score (nSPS) is 23.4. The molecule has 4 N–H and O–H groups in total. The van der Waals surface area contributed by atoms with Crippen molar-refractivity contribution in [3.63, 3.8) is 0 Å². The van der Waals surface area contributed by atoms with E-state index >= 15 is 0 Å². The fourth-order valence-electron chi connectivity index (χ4n) is 2.34. The molecule has 1 aliphatic rings. The van der Waals surface area contributed by atoms with Crippen LogP contribution in [-0.4, -0.2) is 51.1 Å². The Kier molecular flexibility index (Phi) is 5.88. The van der Waals surface area contributed by atoms with Crippen molar-refractivity contribution >= 4 is 29.7 Å². The lowest BCUT2D eigenvalue weighted by molar-refractivity contribution is -0.150. The summed E-state index contributed by atoms with van der Waals surface area (Å²) in [6.07, 6.45) is 0. The maximum atomic E-state index is 12.7. The molecule has 1 aliphatic heterocycles. The molecule has 3 unspecified atom stereocenters. The predicted molar refractivity (Wildman–Crippen MR) is 80.7 cm³/mol. The maximum Gasteiger partial charge on any atom is 0.327 e. The van der Waals surface area contributed by atoms with Crippen molar-refractivity contribution in [2.24, 2.45) is 17.6 Å². The number of carbonyl (C=O) groups is 3. The fourth-order valence-corrected chi connectivity index (χ4v) is 3.82. The highest BCUT2D eigenvalue weighted by Crippen LogP contribution is 2.35. The van der Waals surface area contributed by atoms with Crippen LogP contribution in [0.1, 0.15) is 27.7 Å². The molecular formula is C13H23N3O4S. The molecule has 0 aromatic rings. The van der Waals surface area contributed by atoms with E-state index in [9.17, 15) is 19.5 Å². The minimum Gasteiger partial charge on any atom is -0.480 e. The van der Waals surface area contributed by atoms with Gasteiger partial charge in [-0.25, -0.2) is 9.59 Å².